The average Bonchev–Trinajstić information content (AvgIpc) is 2.94. The number of hydrogen-bond donors (Lipinski definition) is 2. The fourth-order valence-electron chi connectivity index (χ4n) is 2.69. The first kappa shape index (κ1) is 15.6. The molecule has 0 spiro atoms. The van der Waals surface area contributed by atoms with Gasteiger partial charge in [0.1, 0.15) is 13.2 Å². The van der Waals surface area contributed by atoms with Gasteiger partial charge in [-0.15, -0.1) is 0 Å². The zero-order valence-electron chi connectivity index (χ0n) is 12.9. The Bertz CT molecular complexity index is 1020. The summed E-state index contributed by atoms with van der Waals surface area (Å²) in [5.41, 5.74) is 2.22. The molecule has 3 aromatic rings. The Kier molecular flexibility index (Phi) is 3.85. The van der Waals surface area contributed by atoms with Crippen molar-refractivity contribution < 1.29 is 18.7 Å². The number of aromatic nitrogens is 1. The molecule has 2 N–H and O–H groups in total. The summed E-state index contributed by atoms with van der Waals surface area (Å²) in [6.07, 6.45) is 0.121. The second-order valence-electron chi connectivity index (χ2n) is 5.55. The van der Waals surface area contributed by atoms with Gasteiger partial charge >= 0.3 is 5.76 Å². The van der Waals surface area contributed by atoms with Crippen LogP contribution in [-0.2, 0) is 11.2 Å². The van der Waals surface area contributed by atoms with E-state index >= 15 is 0 Å². The van der Waals surface area contributed by atoms with Crippen molar-refractivity contribution >= 4 is 34.3 Å². The van der Waals surface area contributed by atoms with E-state index in [4.69, 9.17) is 25.5 Å². The van der Waals surface area contributed by atoms with Crippen LogP contribution >= 0.6 is 11.6 Å². The minimum Gasteiger partial charge on any atom is -0.486 e. The molecule has 2 aromatic carbocycles. The Labute approximate surface area is 146 Å². The van der Waals surface area contributed by atoms with E-state index in [1.807, 2.05) is 0 Å². The van der Waals surface area contributed by atoms with Crippen LogP contribution in [0, 0.1) is 0 Å². The molecule has 1 aliphatic heterocycles. The zero-order valence-corrected chi connectivity index (χ0v) is 13.7. The lowest BCUT2D eigenvalue weighted by molar-refractivity contribution is -0.115. The van der Waals surface area contributed by atoms with Gasteiger partial charge in [0, 0.05) is 5.69 Å². The summed E-state index contributed by atoms with van der Waals surface area (Å²) in [7, 11) is 0. The van der Waals surface area contributed by atoms with Gasteiger partial charge in [0.05, 0.1) is 17.0 Å². The number of benzene rings is 2. The number of fused-ring (bicyclic) bond motifs is 2. The standard InChI is InChI=1S/C17H13ClN2O5/c18-11-5-9(6-14-16(11)24-4-3-23-14)7-15(21)19-10-1-2-13-12(8-10)20-17(22)25-13/h1-2,5-6,8H,3-4,7H2,(H,19,21)(H,20,22). The first-order chi connectivity index (χ1) is 12.1. The molecular formula is C17H13ClN2O5. The van der Waals surface area contributed by atoms with Crippen molar-refractivity contribution in [1.82, 2.24) is 4.98 Å². The summed E-state index contributed by atoms with van der Waals surface area (Å²) in [6, 6.07) is 8.34. The maximum Gasteiger partial charge on any atom is 0.417 e. The minimum atomic E-state index is -0.538. The number of halogens is 1. The predicted molar refractivity (Wildman–Crippen MR) is 91.6 cm³/mol. The van der Waals surface area contributed by atoms with Gasteiger partial charge in [-0.2, -0.15) is 0 Å². The Balaban J connectivity index is 1.51. The van der Waals surface area contributed by atoms with Crippen molar-refractivity contribution in [1.29, 1.82) is 0 Å². The highest BCUT2D eigenvalue weighted by atomic mass is 35.5. The first-order valence-electron chi connectivity index (χ1n) is 7.59. The van der Waals surface area contributed by atoms with Crippen molar-refractivity contribution in [2.45, 2.75) is 6.42 Å². The molecule has 0 unspecified atom stereocenters. The van der Waals surface area contributed by atoms with Crippen LogP contribution < -0.4 is 20.5 Å². The van der Waals surface area contributed by atoms with Crippen molar-refractivity contribution in [3.8, 4) is 11.5 Å². The summed E-state index contributed by atoms with van der Waals surface area (Å²) in [4.78, 5) is 26.0. The summed E-state index contributed by atoms with van der Waals surface area (Å²) in [5, 5.41) is 3.19. The molecule has 1 aromatic heterocycles. The molecule has 8 heteroatoms. The number of hydrogen-bond acceptors (Lipinski definition) is 5. The van der Waals surface area contributed by atoms with E-state index in [0.717, 1.165) is 0 Å². The van der Waals surface area contributed by atoms with Gasteiger partial charge in [-0.25, -0.2) is 4.79 Å². The quantitative estimate of drug-likeness (QED) is 0.749. The van der Waals surface area contributed by atoms with Crippen molar-refractivity contribution in [3.05, 3.63) is 51.5 Å². The van der Waals surface area contributed by atoms with Crippen LogP contribution in [0.1, 0.15) is 5.56 Å². The fraction of sp³-hybridized carbons (Fsp3) is 0.176. The number of oxazole rings is 1. The summed E-state index contributed by atoms with van der Waals surface area (Å²) >= 11 is 6.18. The average molecular weight is 361 g/mol. The molecule has 25 heavy (non-hydrogen) atoms. The van der Waals surface area contributed by atoms with E-state index in [1.54, 1.807) is 30.3 Å². The molecule has 0 saturated carbocycles. The van der Waals surface area contributed by atoms with Crippen molar-refractivity contribution in [3.63, 3.8) is 0 Å². The molecular weight excluding hydrogens is 348 g/mol. The van der Waals surface area contributed by atoms with E-state index in [2.05, 4.69) is 10.3 Å². The van der Waals surface area contributed by atoms with Crippen LogP contribution in [0.5, 0.6) is 11.5 Å². The van der Waals surface area contributed by atoms with Crippen molar-refractivity contribution in [2.24, 2.45) is 0 Å². The maximum absolute atomic E-state index is 12.3. The number of amides is 1. The Morgan fingerprint density at radius 2 is 2.04 bits per heavy atom. The molecule has 0 fully saturated rings. The van der Waals surface area contributed by atoms with Crippen LogP contribution in [0.3, 0.4) is 0 Å². The van der Waals surface area contributed by atoms with Gasteiger partial charge in [0.2, 0.25) is 5.91 Å². The van der Waals surface area contributed by atoms with Gasteiger partial charge < -0.3 is 19.2 Å². The second-order valence-corrected chi connectivity index (χ2v) is 5.96. The summed E-state index contributed by atoms with van der Waals surface area (Å²) < 4.78 is 15.9. The Morgan fingerprint density at radius 1 is 1.20 bits per heavy atom. The molecule has 0 atom stereocenters. The van der Waals surface area contributed by atoms with Crippen LogP contribution in [0.25, 0.3) is 11.1 Å². The molecule has 7 nitrogen and oxygen atoms in total. The molecule has 2 heterocycles. The Hall–Kier alpha value is -2.93. The van der Waals surface area contributed by atoms with E-state index in [9.17, 15) is 9.59 Å². The normalized spacial score (nSPS) is 13.0. The fourth-order valence-corrected chi connectivity index (χ4v) is 2.97. The molecule has 128 valence electrons. The lowest BCUT2D eigenvalue weighted by atomic mass is 10.1. The first-order valence-corrected chi connectivity index (χ1v) is 7.97. The number of carbonyl (C=O) groups excluding carboxylic acids is 1. The summed E-state index contributed by atoms with van der Waals surface area (Å²) in [6.45, 7) is 0.896. The van der Waals surface area contributed by atoms with Crippen LogP contribution in [0.15, 0.2) is 39.5 Å². The number of aromatic amines is 1. The SMILES string of the molecule is O=C(Cc1cc(Cl)c2c(c1)OCCO2)Nc1ccc2oc(=O)[nH]c2c1. The second kappa shape index (κ2) is 6.18. The van der Waals surface area contributed by atoms with Gasteiger partial charge in [0.25, 0.3) is 0 Å². The largest absolute Gasteiger partial charge is 0.486 e. The van der Waals surface area contributed by atoms with Crippen LogP contribution in [0.4, 0.5) is 5.69 Å². The van der Waals surface area contributed by atoms with Gasteiger partial charge in [-0.1, -0.05) is 11.6 Å². The molecule has 0 saturated heterocycles. The lowest BCUT2D eigenvalue weighted by Crippen LogP contribution is -2.17. The van der Waals surface area contributed by atoms with E-state index in [1.165, 1.54) is 0 Å². The van der Waals surface area contributed by atoms with E-state index < -0.39 is 5.76 Å². The van der Waals surface area contributed by atoms with Gasteiger partial charge in [-0.3, -0.25) is 9.78 Å². The third kappa shape index (κ3) is 3.18. The number of H-pyrrole nitrogens is 1. The highest BCUT2D eigenvalue weighted by Crippen LogP contribution is 2.38. The topological polar surface area (TPSA) is 93.6 Å². The lowest BCUT2D eigenvalue weighted by Gasteiger charge is -2.20. The minimum absolute atomic E-state index is 0.121. The maximum atomic E-state index is 12.3. The third-order valence-electron chi connectivity index (χ3n) is 3.72. The van der Waals surface area contributed by atoms with Gasteiger partial charge in [0.15, 0.2) is 17.1 Å². The number of ether oxygens (including phenoxy) is 2. The van der Waals surface area contributed by atoms with Crippen LogP contribution in [0.2, 0.25) is 5.02 Å². The Morgan fingerprint density at radius 3 is 2.92 bits per heavy atom. The van der Waals surface area contributed by atoms with Gasteiger partial charge in [-0.05, 0) is 35.9 Å². The third-order valence-corrected chi connectivity index (χ3v) is 4.00. The number of anilines is 1. The number of rotatable bonds is 3. The smallest absolute Gasteiger partial charge is 0.417 e. The molecule has 0 aliphatic carbocycles. The van der Waals surface area contributed by atoms with E-state index in [-0.39, 0.29) is 12.3 Å². The molecule has 0 radical (unpaired) electrons. The zero-order chi connectivity index (χ0) is 17.4. The predicted octanol–water partition coefficient (Wildman–Crippen LogP) is 2.73. The molecule has 0 bridgehead atoms. The van der Waals surface area contributed by atoms with Crippen LogP contribution in [-0.4, -0.2) is 24.1 Å². The molecule has 1 aliphatic rings. The molecule has 1 amide bonds. The number of carbonyl (C=O) groups is 1. The van der Waals surface area contributed by atoms with E-state index in [0.29, 0.717) is 52.1 Å². The monoisotopic (exact) mass is 360 g/mol. The number of nitrogens with one attached hydrogen (secondary N) is 2. The van der Waals surface area contributed by atoms with Crippen molar-refractivity contribution in [2.75, 3.05) is 18.5 Å². The highest BCUT2D eigenvalue weighted by molar-refractivity contribution is 6.32. The molecule has 4 rings (SSSR count). The highest BCUT2D eigenvalue weighted by Gasteiger charge is 2.17. The summed E-state index contributed by atoms with van der Waals surface area (Å²) in [5.74, 6) is 0.285.